The van der Waals surface area contributed by atoms with E-state index in [0.29, 0.717) is 5.75 Å². The van der Waals surface area contributed by atoms with Crippen LogP contribution in [0.25, 0.3) is 0 Å². The lowest BCUT2D eigenvalue weighted by Crippen LogP contribution is -2.29. The van der Waals surface area contributed by atoms with Gasteiger partial charge in [0.2, 0.25) is 5.12 Å². The minimum Gasteiger partial charge on any atom is -0.292 e. The van der Waals surface area contributed by atoms with Crippen LogP contribution in [0, 0.1) is 11.8 Å². The highest BCUT2D eigenvalue weighted by Gasteiger charge is 2.07. The average Bonchev–Trinajstić information content (AvgIpc) is 2.49. The second kappa shape index (κ2) is 8.04. The highest BCUT2D eigenvalue weighted by Crippen LogP contribution is 2.11. The van der Waals surface area contributed by atoms with E-state index in [0.717, 1.165) is 12.1 Å². The maximum atomic E-state index is 11.8. The second-order valence-electron chi connectivity index (χ2n) is 4.63. The van der Waals surface area contributed by atoms with Crippen molar-refractivity contribution in [1.29, 1.82) is 0 Å². The van der Waals surface area contributed by atoms with E-state index in [-0.39, 0.29) is 5.12 Å². The third kappa shape index (κ3) is 5.10. The molecule has 1 heterocycles. The lowest BCUT2D eigenvalue weighted by atomic mass is 10.1. The summed E-state index contributed by atoms with van der Waals surface area (Å²) in [5.41, 5.74) is 0.755. The Labute approximate surface area is 119 Å². The standard InChI is InChI=1S/C16H19NOS/c18-16(15-9-3-1-4-10-15)19-14-8-7-13-17-11-5-2-6-12-17/h1,3-4,9-10H,2,5-6,11-14H2. The van der Waals surface area contributed by atoms with E-state index in [2.05, 4.69) is 16.7 Å². The zero-order valence-electron chi connectivity index (χ0n) is 11.1. The van der Waals surface area contributed by atoms with Crippen molar-refractivity contribution < 1.29 is 4.79 Å². The molecule has 0 aromatic heterocycles. The molecule has 2 rings (SSSR count). The highest BCUT2D eigenvalue weighted by atomic mass is 32.2. The minimum absolute atomic E-state index is 0.105. The Morgan fingerprint density at radius 2 is 1.84 bits per heavy atom. The van der Waals surface area contributed by atoms with Crippen molar-refractivity contribution in [3.05, 3.63) is 35.9 Å². The van der Waals surface area contributed by atoms with Crippen molar-refractivity contribution in [2.45, 2.75) is 19.3 Å². The number of thioether (sulfide) groups is 1. The van der Waals surface area contributed by atoms with Gasteiger partial charge in [-0.15, -0.1) is 0 Å². The van der Waals surface area contributed by atoms with Crippen LogP contribution in [0.1, 0.15) is 29.6 Å². The van der Waals surface area contributed by atoms with Crippen LogP contribution in [-0.4, -0.2) is 35.4 Å². The summed E-state index contributed by atoms with van der Waals surface area (Å²) in [5, 5.41) is 0.105. The number of hydrogen-bond donors (Lipinski definition) is 0. The number of piperidine rings is 1. The lowest BCUT2D eigenvalue weighted by molar-refractivity contribution is 0.108. The molecule has 100 valence electrons. The van der Waals surface area contributed by atoms with E-state index in [4.69, 9.17) is 0 Å². The summed E-state index contributed by atoms with van der Waals surface area (Å²) in [7, 11) is 0. The molecule has 1 aliphatic heterocycles. The monoisotopic (exact) mass is 273 g/mol. The maximum absolute atomic E-state index is 11.8. The van der Waals surface area contributed by atoms with Crippen LogP contribution in [0.15, 0.2) is 30.3 Å². The van der Waals surface area contributed by atoms with Crippen molar-refractivity contribution in [2.24, 2.45) is 0 Å². The number of nitrogens with zero attached hydrogens (tertiary/aromatic N) is 1. The molecule has 0 amide bonds. The highest BCUT2D eigenvalue weighted by molar-refractivity contribution is 8.14. The number of likely N-dealkylation sites (tertiary alicyclic amines) is 1. The van der Waals surface area contributed by atoms with Crippen LogP contribution in [-0.2, 0) is 0 Å². The summed E-state index contributed by atoms with van der Waals surface area (Å²) >= 11 is 1.29. The van der Waals surface area contributed by atoms with Gasteiger partial charge in [-0.05, 0) is 25.9 Å². The Balaban J connectivity index is 1.67. The normalized spacial score (nSPS) is 15.6. The third-order valence-electron chi connectivity index (χ3n) is 3.16. The molecule has 3 heteroatoms. The number of carbonyl (C=O) groups is 1. The van der Waals surface area contributed by atoms with Gasteiger partial charge in [-0.3, -0.25) is 9.69 Å². The summed E-state index contributed by atoms with van der Waals surface area (Å²) in [5.74, 6) is 6.83. The number of rotatable bonds is 3. The lowest BCUT2D eigenvalue weighted by Gasteiger charge is -2.23. The quantitative estimate of drug-likeness (QED) is 0.790. The summed E-state index contributed by atoms with van der Waals surface area (Å²) < 4.78 is 0. The van der Waals surface area contributed by atoms with Crippen LogP contribution < -0.4 is 0 Å². The molecule has 0 saturated carbocycles. The van der Waals surface area contributed by atoms with E-state index >= 15 is 0 Å². The molecule has 1 aromatic carbocycles. The van der Waals surface area contributed by atoms with Gasteiger partial charge in [-0.2, -0.15) is 0 Å². The van der Waals surface area contributed by atoms with Crippen LogP contribution in [0.5, 0.6) is 0 Å². The van der Waals surface area contributed by atoms with Gasteiger partial charge in [0.05, 0.1) is 12.3 Å². The van der Waals surface area contributed by atoms with Gasteiger partial charge in [0.15, 0.2) is 0 Å². The van der Waals surface area contributed by atoms with E-state index in [1.807, 2.05) is 30.3 Å². The zero-order chi connectivity index (χ0) is 13.3. The Morgan fingerprint density at radius 1 is 1.11 bits per heavy atom. The van der Waals surface area contributed by atoms with Gasteiger partial charge < -0.3 is 0 Å². The fourth-order valence-corrected chi connectivity index (χ4v) is 2.70. The number of benzene rings is 1. The topological polar surface area (TPSA) is 20.3 Å². The largest absolute Gasteiger partial charge is 0.292 e. The molecule has 1 fully saturated rings. The van der Waals surface area contributed by atoms with E-state index in [1.54, 1.807) is 0 Å². The van der Waals surface area contributed by atoms with Crippen molar-refractivity contribution >= 4 is 16.9 Å². The van der Waals surface area contributed by atoms with Gasteiger partial charge in [-0.1, -0.05) is 60.4 Å². The Hall–Kier alpha value is -1.24. The second-order valence-corrected chi connectivity index (χ2v) is 5.58. The molecular weight excluding hydrogens is 254 g/mol. The predicted octanol–water partition coefficient (Wildman–Crippen LogP) is 3.05. The zero-order valence-corrected chi connectivity index (χ0v) is 11.9. The molecule has 19 heavy (non-hydrogen) atoms. The molecule has 0 atom stereocenters. The summed E-state index contributed by atoms with van der Waals surface area (Å²) in [4.78, 5) is 14.2. The van der Waals surface area contributed by atoms with E-state index in [1.165, 1.54) is 44.1 Å². The van der Waals surface area contributed by atoms with Gasteiger partial charge in [-0.25, -0.2) is 0 Å². The van der Waals surface area contributed by atoms with Crippen molar-refractivity contribution in [1.82, 2.24) is 4.90 Å². The molecule has 0 bridgehead atoms. The first-order chi connectivity index (χ1) is 9.36. The Morgan fingerprint density at radius 3 is 2.58 bits per heavy atom. The molecule has 0 N–H and O–H groups in total. The average molecular weight is 273 g/mol. The molecule has 0 unspecified atom stereocenters. The Bertz CT molecular complexity index is 455. The molecule has 1 aromatic rings. The smallest absolute Gasteiger partial charge is 0.220 e. The molecular formula is C16H19NOS. The van der Waals surface area contributed by atoms with Gasteiger partial charge in [0, 0.05) is 5.56 Å². The first-order valence-corrected chi connectivity index (χ1v) is 7.75. The Kier molecular flexibility index (Phi) is 6.00. The molecule has 1 saturated heterocycles. The fourth-order valence-electron chi connectivity index (χ4n) is 2.10. The first kappa shape index (κ1) is 14.2. The fraction of sp³-hybridized carbons (Fsp3) is 0.438. The molecule has 1 aliphatic rings. The molecule has 2 nitrogen and oxygen atoms in total. The third-order valence-corrected chi connectivity index (χ3v) is 3.95. The van der Waals surface area contributed by atoms with Crippen LogP contribution in [0.4, 0.5) is 0 Å². The van der Waals surface area contributed by atoms with E-state index in [9.17, 15) is 4.79 Å². The summed E-state index contributed by atoms with van der Waals surface area (Å²) in [6, 6.07) is 9.37. The first-order valence-electron chi connectivity index (χ1n) is 6.76. The van der Waals surface area contributed by atoms with Crippen LogP contribution in [0.2, 0.25) is 0 Å². The van der Waals surface area contributed by atoms with Gasteiger partial charge in [0.25, 0.3) is 0 Å². The van der Waals surface area contributed by atoms with Crippen molar-refractivity contribution in [2.75, 3.05) is 25.4 Å². The summed E-state index contributed by atoms with van der Waals surface area (Å²) in [6.07, 6.45) is 3.94. The van der Waals surface area contributed by atoms with Crippen molar-refractivity contribution in [3.8, 4) is 11.8 Å². The van der Waals surface area contributed by atoms with Crippen LogP contribution >= 0.6 is 11.8 Å². The molecule has 0 radical (unpaired) electrons. The maximum Gasteiger partial charge on any atom is 0.220 e. The minimum atomic E-state index is 0.105. The van der Waals surface area contributed by atoms with Gasteiger partial charge in [0.1, 0.15) is 0 Å². The number of carbonyl (C=O) groups excluding carboxylic acids is 1. The van der Waals surface area contributed by atoms with Gasteiger partial charge >= 0.3 is 0 Å². The predicted molar refractivity (Wildman–Crippen MR) is 81.3 cm³/mol. The SMILES string of the molecule is O=C(SCC#CCN1CCCCC1)c1ccccc1. The van der Waals surface area contributed by atoms with Crippen LogP contribution in [0.3, 0.4) is 0 Å². The summed E-state index contributed by atoms with van der Waals surface area (Å²) in [6.45, 7) is 3.19. The molecule has 0 aliphatic carbocycles. The molecule has 0 spiro atoms. The van der Waals surface area contributed by atoms with E-state index < -0.39 is 0 Å². The van der Waals surface area contributed by atoms with Crippen molar-refractivity contribution in [3.63, 3.8) is 0 Å². The number of hydrogen-bond acceptors (Lipinski definition) is 3.